The lowest BCUT2D eigenvalue weighted by Crippen LogP contribution is -2.18. The number of amides is 1. The lowest BCUT2D eigenvalue weighted by atomic mass is 9.99. The van der Waals surface area contributed by atoms with Crippen molar-refractivity contribution in [3.63, 3.8) is 0 Å². The van der Waals surface area contributed by atoms with Gasteiger partial charge in [0.25, 0.3) is 5.91 Å². The molecule has 0 saturated carbocycles. The Kier molecular flexibility index (Phi) is 6.26. The Morgan fingerprint density at radius 2 is 1.73 bits per heavy atom. The molecule has 0 unspecified atom stereocenters. The lowest BCUT2D eigenvalue weighted by Gasteiger charge is -2.11. The fourth-order valence-electron chi connectivity index (χ4n) is 3.56. The predicted octanol–water partition coefficient (Wildman–Crippen LogP) is 5.07. The Bertz CT molecular complexity index is 1380. The van der Waals surface area contributed by atoms with E-state index in [2.05, 4.69) is 28.7 Å². The second-order valence-electron chi connectivity index (χ2n) is 7.70. The Labute approximate surface area is 191 Å². The third-order valence-electron chi connectivity index (χ3n) is 5.34. The Hall–Kier alpha value is -4.32. The van der Waals surface area contributed by atoms with Crippen LogP contribution >= 0.6 is 0 Å². The molecule has 6 nitrogen and oxygen atoms in total. The van der Waals surface area contributed by atoms with Gasteiger partial charge in [0, 0.05) is 10.9 Å². The molecule has 0 radical (unpaired) electrons. The molecule has 0 aliphatic rings. The van der Waals surface area contributed by atoms with Crippen LogP contribution in [0.15, 0.2) is 77.9 Å². The van der Waals surface area contributed by atoms with Crippen LogP contribution in [0.5, 0.6) is 0 Å². The minimum atomic E-state index is -0.406. The van der Waals surface area contributed by atoms with E-state index in [4.69, 9.17) is 9.72 Å². The van der Waals surface area contributed by atoms with E-state index in [1.165, 1.54) is 13.3 Å². The summed E-state index contributed by atoms with van der Waals surface area (Å²) in [4.78, 5) is 29.4. The number of methoxy groups -OCH3 is 1. The number of para-hydroxylation sites is 1. The predicted molar refractivity (Wildman–Crippen MR) is 129 cm³/mol. The molecular weight excluding hydrogens is 414 g/mol. The molecule has 1 N–H and O–H groups in total. The molecule has 0 saturated heterocycles. The maximum absolute atomic E-state index is 13.1. The third kappa shape index (κ3) is 4.80. The van der Waals surface area contributed by atoms with Crippen LogP contribution < -0.4 is 5.43 Å². The second-order valence-corrected chi connectivity index (χ2v) is 7.70. The number of hydrazone groups is 1. The minimum absolute atomic E-state index is 0.331. The zero-order chi connectivity index (χ0) is 23.4. The minimum Gasteiger partial charge on any atom is -0.465 e. The molecule has 33 heavy (non-hydrogen) atoms. The van der Waals surface area contributed by atoms with Gasteiger partial charge in [-0.1, -0.05) is 48.0 Å². The standard InChI is InChI=1S/C27H23N3O3/c1-17-8-9-18(2)22(14-17)25-15-23(21-6-4-5-7-24(21)29-25)26(31)30-28-16-19-10-12-20(13-11-19)27(32)33-3/h4-16H,1-3H3,(H,30,31). The van der Waals surface area contributed by atoms with E-state index in [0.717, 1.165) is 38.9 Å². The molecule has 4 aromatic rings. The molecule has 0 aliphatic carbocycles. The number of rotatable bonds is 5. The summed E-state index contributed by atoms with van der Waals surface area (Å²) in [5, 5.41) is 4.84. The number of hydrogen-bond acceptors (Lipinski definition) is 5. The topological polar surface area (TPSA) is 80.6 Å². The van der Waals surface area contributed by atoms with E-state index >= 15 is 0 Å². The van der Waals surface area contributed by atoms with Crippen molar-refractivity contribution in [1.29, 1.82) is 0 Å². The summed E-state index contributed by atoms with van der Waals surface area (Å²) < 4.78 is 4.69. The maximum Gasteiger partial charge on any atom is 0.337 e. The molecule has 0 bridgehead atoms. The smallest absolute Gasteiger partial charge is 0.337 e. The van der Waals surface area contributed by atoms with Crippen LogP contribution in [0.2, 0.25) is 0 Å². The SMILES string of the molecule is COC(=O)c1ccc(C=NNC(=O)c2cc(-c3cc(C)ccc3C)nc3ccccc23)cc1. The first-order valence-corrected chi connectivity index (χ1v) is 10.5. The number of benzene rings is 3. The van der Waals surface area contributed by atoms with Crippen molar-refractivity contribution in [1.82, 2.24) is 10.4 Å². The first kappa shape index (κ1) is 21.9. The van der Waals surface area contributed by atoms with E-state index in [0.29, 0.717) is 11.1 Å². The molecule has 0 spiro atoms. The van der Waals surface area contributed by atoms with E-state index in [1.54, 1.807) is 30.3 Å². The molecule has 1 amide bonds. The number of carbonyl (C=O) groups excluding carboxylic acids is 2. The van der Waals surface area contributed by atoms with Crippen molar-refractivity contribution in [2.24, 2.45) is 5.10 Å². The molecule has 6 heteroatoms. The first-order valence-electron chi connectivity index (χ1n) is 10.5. The quantitative estimate of drug-likeness (QED) is 0.269. The number of ether oxygens (including phenoxy) is 1. The number of aromatic nitrogens is 1. The van der Waals surface area contributed by atoms with Gasteiger partial charge >= 0.3 is 5.97 Å². The third-order valence-corrected chi connectivity index (χ3v) is 5.34. The van der Waals surface area contributed by atoms with Gasteiger partial charge in [-0.3, -0.25) is 4.79 Å². The van der Waals surface area contributed by atoms with Crippen LogP contribution in [0.3, 0.4) is 0 Å². The Morgan fingerprint density at radius 1 is 0.970 bits per heavy atom. The van der Waals surface area contributed by atoms with E-state index < -0.39 is 5.97 Å². The van der Waals surface area contributed by atoms with Gasteiger partial charge < -0.3 is 4.74 Å². The number of pyridine rings is 1. The number of aryl methyl sites for hydroxylation is 2. The van der Waals surface area contributed by atoms with E-state index in [9.17, 15) is 9.59 Å². The largest absolute Gasteiger partial charge is 0.465 e. The van der Waals surface area contributed by atoms with Gasteiger partial charge in [-0.05, 0) is 55.3 Å². The van der Waals surface area contributed by atoms with E-state index in [1.807, 2.05) is 38.1 Å². The highest BCUT2D eigenvalue weighted by Crippen LogP contribution is 2.28. The van der Waals surface area contributed by atoms with E-state index in [-0.39, 0.29) is 5.91 Å². The highest BCUT2D eigenvalue weighted by atomic mass is 16.5. The number of fused-ring (bicyclic) bond motifs is 1. The Balaban J connectivity index is 1.63. The summed E-state index contributed by atoms with van der Waals surface area (Å²) in [6.07, 6.45) is 1.52. The van der Waals surface area contributed by atoms with Crippen LogP contribution in [-0.2, 0) is 4.74 Å². The van der Waals surface area contributed by atoms with Crippen LogP contribution in [-0.4, -0.2) is 30.2 Å². The summed E-state index contributed by atoms with van der Waals surface area (Å²) in [7, 11) is 1.34. The van der Waals surface area contributed by atoms with Gasteiger partial charge in [-0.2, -0.15) is 5.10 Å². The number of carbonyl (C=O) groups is 2. The summed E-state index contributed by atoms with van der Waals surface area (Å²) in [6, 6.07) is 22.3. The Morgan fingerprint density at radius 3 is 2.48 bits per heavy atom. The average molecular weight is 437 g/mol. The summed E-state index contributed by atoms with van der Waals surface area (Å²) >= 11 is 0. The molecule has 164 valence electrons. The zero-order valence-corrected chi connectivity index (χ0v) is 18.6. The molecule has 1 heterocycles. The van der Waals surface area contributed by atoms with Crippen molar-refractivity contribution >= 4 is 29.0 Å². The van der Waals surface area contributed by atoms with Crippen molar-refractivity contribution in [3.05, 3.63) is 101 Å². The number of nitrogens with zero attached hydrogens (tertiary/aromatic N) is 2. The van der Waals surface area contributed by atoms with Crippen LogP contribution in [0.25, 0.3) is 22.2 Å². The van der Waals surface area contributed by atoms with Gasteiger partial charge in [0.05, 0.1) is 35.7 Å². The van der Waals surface area contributed by atoms with Gasteiger partial charge in [0.15, 0.2) is 0 Å². The maximum atomic E-state index is 13.1. The summed E-state index contributed by atoms with van der Waals surface area (Å²) in [6.45, 7) is 4.06. The summed E-state index contributed by atoms with van der Waals surface area (Å²) in [5.41, 5.74) is 8.96. The summed E-state index contributed by atoms with van der Waals surface area (Å²) in [5.74, 6) is -0.737. The zero-order valence-electron chi connectivity index (χ0n) is 18.6. The molecule has 0 fully saturated rings. The highest BCUT2D eigenvalue weighted by molar-refractivity contribution is 6.07. The number of hydrogen-bond donors (Lipinski definition) is 1. The molecule has 0 atom stereocenters. The fraction of sp³-hybridized carbons (Fsp3) is 0.111. The lowest BCUT2D eigenvalue weighted by molar-refractivity contribution is 0.0600. The molecule has 0 aliphatic heterocycles. The van der Waals surface area contributed by atoms with Gasteiger partial charge in [-0.25, -0.2) is 15.2 Å². The molecule has 3 aromatic carbocycles. The van der Waals surface area contributed by atoms with Gasteiger partial charge in [0.2, 0.25) is 0 Å². The normalized spacial score (nSPS) is 11.0. The molecular formula is C27H23N3O3. The molecule has 1 aromatic heterocycles. The van der Waals surface area contributed by atoms with Gasteiger partial charge in [-0.15, -0.1) is 0 Å². The van der Waals surface area contributed by atoms with Crippen molar-refractivity contribution in [2.75, 3.05) is 7.11 Å². The highest BCUT2D eigenvalue weighted by Gasteiger charge is 2.14. The average Bonchev–Trinajstić information content (AvgIpc) is 2.84. The first-order chi connectivity index (χ1) is 16.0. The number of esters is 1. The van der Waals surface area contributed by atoms with Crippen molar-refractivity contribution < 1.29 is 14.3 Å². The van der Waals surface area contributed by atoms with Crippen LogP contribution in [0.4, 0.5) is 0 Å². The van der Waals surface area contributed by atoms with Gasteiger partial charge in [0.1, 0.15) is 0 Å². The monoisotopic (exact) mass is 437 g/mol. The second kappa shape index (κ2) is 9.44. The van der Waals surface area contributed by atoms with Crippen molar-refractivity contribution in [2.45, 2.75) is 13.8 Å². The van der Waals surface area contributed by atoms with Crippen LogP contribution in [0.1, 0.15) is 37.4 Å². The van der Waals surface area contributed by atoms with Crippen molar-refractivity contribution in [3.8, 4) is 11.3 Å². The number of nitrogens with one attached hydrogen (secondary N) is 1. The fourth-order valence-corrected chi connectivity index (χ4v) is 3.56. The molecule has 4 rings (SSSR count). The van der Waals surface area contributed by atoms with Crippen LogP contribution in [0, 0.1) is 13.8 Å².